The highest BCUT2D eigenvalue weighted by molar-refractivity contribution is 5.93. The molecule has 0 fully saturated rings. The number of fused-ring (bicyclic) bond motifs is 10. The van der Waals surface area contributed by atoms with Gasteiger partial charge >= 0.3 is 0 Å². The lowest BCUT2D eigenvalue weighted by Gasteiger charge is -2.37. The Balaban J connectivity index is 2.53. The van der Waals surface area contributed by atoms with Crippen molar-refractivity contribution in [1.82, 2.24) is 16.0 Å². The number of likely N-dealkylation sites (N-methyl/N-ethyl adjacent to an activating group) is 1. The predicted octanol–water partition coefficient (Wildman–Crippen LogP) is 3.33. The maximum atomic E-state index is 13.8. The maximum absolute atomic E-state index is 13.8. The van der Waals surface area contributed by atoms with Crippen LogP contribution < -0.4 is 20.7 Å². The smallest absolute Gasteiger partial charge is 0.279 e. The van der Waals surface area contributed by atoms with E-state index in [0.29, 0.717) is 29.0 Å². The first kappa shape index (κ1) is 30.4. The molecular weight excluding hydrogens is 468 g/mol. The van der Waals surface area contributed by atoms with E-state index in [-0.39, 0.29) is 29.7 Å². The molecule has 3 N–H and O–H groups in total. The van der Waals surface area contributed by atoms with Crippen LogP contribution >= 0.6 is 0 Å². The van der Waals surface area contributed by atoms with Gasteiger partial charge < -0.3 is 25.2 Å². The molecule has 4 atom stereocenters. The normalized spacial score (nSPS) is 22.8. The Morgan fingerprint density at radius 3 is 2.11 bits per heavy atom. The molecule has 0 unspecified atom stereocenters. The number of benzene rings is 1. The van der Waals surface area contributed by atoms with E-state index in [1.807, 2.05) is 73.1 Å². The number of quaternary nitrogens is 1. The molecule has 1 aromatic carbocycles. The van der Waals surface area contributed by atoms with Gasteiger partial charge in [-0.1, -0.05) is 53.7 Å². The van der Waals surface area contributed by atoms with Crippen LogP contribution in [0.1, 0.15) is 59.9 Å². The molecule has 2 aliphatic heterocycles. The molecule has 8 heteroatoms. The first-order valence-corrected chi connectivity index (χ1v) is 13.3. The van der Waals surface area contributed by atoms with Gasteiger partial charge in [0.2, 0.25) is 11.8 Å². The van der Waals surface area contributed by atoms with Gasteiger partial charge in [0, 0.05) is 12.6 Å². The van der Waals surface area contributed by atoms with Crippen LogP contribution in [0.5, 0.6) is 5.75 Å². The van der Waals surface area contributed by atoms with Gasteiger partial charge in [-0.25, -0.2) is 0 Å². The zero-order chi connectivity index (χ0) is 27.9. The maximum Gasteiger partial charge on any atom is 0.279 e. The summed E-state index contributed by atoms with van der Waals surface area (Å²) in [5.74, 6) is 0.0260. The van der Waals surface area contributed by atoms with E-state index in [9.17, 15) is 14.4 Å². The Morgan fingerprint density at radius 2 is 1.59 bits per heavy atom. The zero-order valence-corrected chi connectivity index (χ0v) is 24.0. The van der Waals surface area contributed by atoms with Crippen molar-refractivity contribution in [2.24, 2.45) is 17.8 Å². The zero-order valence-electron chi connectivity index (χ0n) is 24.0. The molecule has 0 spiro atoms. The third-order valence-electron chi connectivity index (χ3n) is 6.49. The van der Waals surface area contributed by atoms with E-state index in [2.05, 4.69) is 29.8 Å². The van der Waals surface area contributed by atoms with Crippen LogP contribution in [0.2, 0.25) is 0 Å². The Hall–Kier alpha value is -2.87. The van der Waals surface area contributed by atoms with Crippen molar-refractivity contribution in [2.75, 3.05) is 21.1 Å². The highest BCUT2D eigenvalue weighted by Gasteiger charge is 2.40. The fourth-order valence-electron chi connectivity index (χ4n) is 4.46. The Kier molecular flexibility index (Phi) is 10.7. The lowest BCUT2D eigenvalue weighted by atomic mass is 9.95. The molecule has 2 bridgehead atoms. The third kappa shape index (κ3) is 9.18. The average Bonchev–Trinajstić information content (AvgIpc) is 2.78. The van der Waals surface area contributed by atoms with Gasteiger partial charge in [0.1, 0.15) is 23.9 Å². The van der Waals surface area contributed by atoms with Crippen molar-refractivity contribution >= 4 is 23.8 Å². The topological polar surface area (TPSA) is 96.5 Å². The summed E-state index contributed by atoms with van der Waals surface area (Å²) in [6.45, 7) is 12.1. The van der Waals surface area contributed by atoms with E-state index >= 15 is 0 Å². The van der Waals surface area contributed by atoms with Gasteiger partial charge in [-0.15, -0.1) is 0 Å². The molecule has 3 rings (SSSR count). The average molecular weight is 516 g/mol. The summed E-state index contributed by atoms with van der Waals surface area (Å²) in [7, 11) is 5.94. The summed E-state index contributed by atoms with van der Waals surface area (Å²) in [4.78, 5) is 40.5. The number of amides is 3. The SMILES string of the molecule is CC(C)C[C@@H]1NC(=O)[C@@H](NC(=O)[C@H](CC(C)C)[N+](C)(C)C)[C@H](C(C)C)Oc2ccc(cc2)/C=C\NC1=O. The van der Waals surface area contributed by atoms with Crippen LogP contribution in [-0.2, 0) is 14.4 Å². The summed E-state index contributed by atoms with van der Waals surface area (Å²) in [5.41, 5.74) is 0.902. The van der Waals surface area contributed by atoms with Crippen LogP contribution in [0.4, 0.5) is 0 Å². The van der Waals surface area contributed by atoms with E-state index in [1.54, 1.807) is 12.3 Å². The highest BCUT2D eigenvalue weighted by atomic mass is 16.5. The van der Waals surface area contributed by atoms with Crippen LogP contribution in [-0.4, -0.2) is 67.6 Å². The number of carbonyl (C=O) groups excluding carboxylic acids is 3. The number of nitrogens with one attached hydrogen (secondary N) is 3. The summed E-state index contributed by atoms with van der Waals surface area (Å²) < 4.78 is 6.77. The van der Waals surface area contributed by atoms with Gasteiger partial charge in [0.15, 0.2) is 6.04 Å². The van der Waals surface area contributed by atoms with Crippen molar-refractivity contribution in [2.45, 2.75) is 78.6 Å². The molecule has 0 aromatic heterocycles. The van der Waals surface area contributed by atoms with Crippen LogP contribution in [0.3, 0.4) is 0 Å². The predicted molar refractivity (Wildman–Crippen MR) is 147 cm³/mol. The Bertz CT molecular complexity index is 948. The minimum absolute atomic E-state index is 0.103. The quantitative estimate of drug-likeness (QED) is 0.463. The molecule has 37 heavy (non-hydrogen) atoms. The van der Waals surface area contributed by atoms with Crippen LogP contribution in [0, 0.1) is 17.8 Å². The lowest BCUT2D eigenvalue weighted by molar-refractivity contribution is -0.887. The number of rotatable bonds is 8. The Labute approximate surface area is 222 Å². The van der Waals surface area contributed by atoms with Crippen molar-refractivity contribution < 1.29 is 23.6 Å². The molecule has 0 radical (unpaired) electrons. The van der Waals surface area contributed by atoms with Gasteiger partial charge in [-0.2, -0.15) is 0 Å². The van der Waals surface area contributed by atoms with E-state index in [0.717, 1.165) is 5.56 Å². The van der Waals surface area contributed by atoms with Gasteiger partial charge in [-0.05, 0) is 47.9 Å². The number of ether oxygens (including phenoxy) is 1. The third-order valence-corrected chi connectivity index (χ3v) is 6.49. The summed E-state index contributed by atoms with van der Waals surface area (Å²) in [6.07, 6.45) is 3.86. The van der Waals surface area contributed by atoms with Crippen molar-refractivity contribution in [1.29, 1.82) is 0 Å². The minimum atomic E-state index is -0.991. The molecule has 0 saturated heterocycles. The van der Waals surface area contributed by atoms with E-state index < -0.39 is 24.1 Å². The van der Waals surface area contributed by atoms with Crippen molar-refractivity contribution in [3.05, 3.63) is 36.0 Å². The monoisotopic (exact) mass is 515 g/mol. The standard InChI is InChI=1S/C29H46N4O4/c1-18(2)16-23-27(34)30-15-14-21-10-12-22(13-11-21)37-26(20(5)6)25(29(36)31-23)32-28(35)24(17-19(3)4)33(7,8)9/h10-15,18-20,23-26H,16-17H2,1-9H3,(H2-,30,31,32,34,35,36)/p+1/b15-14-/t23-,24-,25-,26-/m0/s1. The van der Waals surface area contributed by atoms with E-state index in [4.69, 9.17) is 4.74 Å². The van der Waals surface area contributed by atoms with Gasteiger partial charge in [0.25, 0.3) is 5.91 Å². The van der Waals surface area contributed by atoms with Gasteiger partial charge in [-0.3, -0.25) is 14.4 Å². The molecule has 8 nitrogen and oxygen atoms in total. The van der Waals surface area contributed by atoms with Crippen LogP contribution in [0.15, 0.2) is 30.5 Å². The first-order chi connectivity index (χ1) is 17.2. The molecule has 0 saturated carbocycles. The molecular formula is C29H47N4O4+. The second-order valence-corrected chi connectivity index (χ2v) is 12.2. The van der Waals surface area contributed by atoms with Gasteiger partial charge in [0.05, 0.1) is 21.1 Å². The second-order valence-electron chi connectivity index (χ2n) is 12.2. The highest BCUT2D eigenvalue weighted by Crippen LogP contribution is 2.22. The summed E-state index contributed by atoms with van der Waals surface area (Å²) in [6, 6.07) is 5.33. The molecule has 206 valence electrons. The van der Waals surface area contributed by atoms with Crippen molar-refractivity contribution in [3.8, 4) is 5.75 Å². The minimum Gasteiger partial charge on any atom is -0.487 e. The van der Waals surface area contributed by atoms with E-state index in [1.165, 1.54) is 0 Å². The largest absolute Gasteiger partial charge is 0.487 e. The number of nitrogens with zero attached hydrogens (tertiary/aromatic N) is 1. The fraction of sp³-hybridized carbons (Fsp3) is 0.621. The first-order valence-electron chi connectivity index (χ1n) is 13.3. The Morgan fingerprint density at radius 1 is 0.973 bits per heavy atom. The molecule has 1 aromatic rings. The molecule has 0 aliphatic carbocycles. The number of hydrogen-bond acceptors (Lipinski definition) is 4. The molecule has 2 heterocycles. The number of carbonyl (C=O) groups is 3. The van der Waals surface area contributed by atoms with Crippen molar-refractivity contribution in [3.63, 3.8) is 0 Å². The number of hydrogen-bond donors (Lipinski definition) is 3. The van der Waals surface area contributed by atoms with Crippen LogP contribution in [0.25, 0.3) is 6.08 Å². The molecule has 3 amide bonds. The second kappa shape index (κ2) is 13.1. The summed E-state index contributed by atoms with van der Waals surface area (Å²) >= 11 is 0. The summed E-state index contributed by atoms with van der Waals surface area (Å²) in [5, 5.41) is 8.74. The lowest BCUT2D eigenvalue weighted by Crippen LogP contribution is -2.63. The molecule has 2 aliphatic rings. The fourth-order valence-corrected chi connectivity index (χ4v) is 4.46.